The maximum Gasteiger partial charge on any atom is 0.246 e. The molecule has 2 aliphatic rings. The second-order valence-corrected chi connectivity index (χ2v) is 8.97. The lowest BCUT2D eigenvalue weighted by Gasteiger charge is -2.37. The zero-order chi connectivity index (χ0) is 15.6. The minimum Gasteiger partial charge on any atom is -0.337 e. The van der Waals surface area contributed by atoms with Crippen molar-refractivity contribution >= 4 is 33.2 Å². The van der Waals surface area contributed by atoms with E-state index in [-0.39, 0.29) is 17.7 Å². The Labute approximate surface area is 135 Å². The molecule has 2 saturated heterocycles. The molecule has 0 unspecified atom stereocenters. The summed E-state index contributed by atoms with van der Waals surface area (Å²) in [5.41, 5.74) is 0. The van der Waals surface area contributed by atoms with Crippen LogP contribution in [0, 0.1) is 0 Å². The number of sulfone groups is 1. The molecule has 0 bridgehead atoms. The molecule has 2 aliphatic heterocycles. The van der Waals surface area contributed by atoms with E-state index in [0.29, 0.717) is 18.8 Å². The topological polar surface area (TPSA) is 57.7 Å². The van der Waals surface area contributed by atoms with Crippen LogP contribution >= 0.6 is 11.3 Å². The number of hydrogen-bond donors (Lipinski definition) is 0. The Kier molecular flexibility index (Phi) is 4.65. The SMILES string of the molecule is O=C(/C=C/c1cccs1)N1CCN([C@H]2CCS(=O)(=O)C2)CC1. The summed E-state index contributed by atoms with van der Waals surface area (Å²) in [6.07, 6.45) is 4.21. The van der Waals surface area contributed by atoms with Gasteiger partial charge in [-0.25, -0.2) is 8.42 Å². The number of hydrogen-bond acceptors (Lipinski definition) is 5. The third-order valence-electron chi connectivity index (χ3n) is 4.28. The molecular weight excluding hydrogens is 320 g/mol. The maximum absolute atomic E-state index is 12.2. The molecule has 1 amide bonds. The third kappa shape index (κ3) is 3.77. The number of rotatable bonds is 3. The standard InChI is InChI=1S/C15H20N2O3S2/c18-15(4-3-14-2-1-10-21-14)17-8-6-16(7-9-17)13-5-11-22(19,20)12-13/h1-4,10,13H,5-9,11-12H2/b4-3+/t13-/m0/s1. The summed E-state index contributed by atoms with van der Waals surface area (Å²) in [6, 6.07) is 4.08. The van der Waals surface area contributed by atoms with Crippen LogP contribution in [0.2, 0.25) is 0 Å². The molecule has 0 N–H and O–H groups in total. The highest BCUT2D eigenvalue weighted by atomic mass is 32.2. The Balaban J connectivity index is 1.50. The van der Waals surface area contributed by atoms with Crippen molar-refractivity contribution in [1.82, 2.24) is 9.80 Å². The summed E-state index contributed by atoms with van der Waals surface area (Å²) in [5.74, 6) is 0.617. The van der Waals surface area contributed by atoms with Crippen molar-refractivity contribution in [2.24, 2.45) is 0 Å². The first-order chi connectivity index (χ1) is 10.5. The van der Waals surface area contributed by atoms with Crippen molar-refractivity contribution in [3.8, 4) is 0 Å². The molecule has 120 valence electrons. The van der Waals surface area contributed by atoms with Crippen molar-refractivity contribution in [3.63, 3.8) is 0 Å². The fourth-order valence-electron chi connectivity index (χ4n) is 3.02. The smallest absolute Gasteiger partial charge is 0.246 e. The van der Waals surface area contributed by atoms with Crippen LogP contribution in [0.15, 0.2) is 23.6 Å². The largest absolute Gasteiger partial charge is 0.337 e. The molecule has 0 saturated carbocycles. The van der Waals surface area contributed by atoms with Crippen molar-refractivity contribution < 1.29 is 13.2 Å². The van der Waals surface area contributed by atoms with Gasteiger partial charge in [0.05, 0.1) is 11.5 Å². The van der Waals surface area contributed by atoms with Gasteiger partial charge in [-0.3, -0.25) is 9.69 Å². The summed E-state index contributed by atoms with van der Waals surface area (Å²) in [7, 11) is -2.84. The number of carbonyl (C=O) groups is 1. The first kappa shape index (κ1) is 15.7. The summed E-state index contributed by atoms with van der Waals surface area (Å²) in [5, 5.41) is 1.98. The summed E-state index contributed by atoms with van der Waals surface area (Å²) in [4.78, 5) is 17.3. The van der Waals surface area contributed by atoms with Crippen LogP contribution in [0.4, 0.5) is 0 Å². The van der Waals surface area contributed by atoms with E-state index in [4.69, 9.17) is 0 Å². The van der Waals surface area contributed by atoms with Crippen LogP contribution in [-0.2, 0) is 14.6 Å². The number of thiophene rings is 1. The van der Waals surface area contributed by atoms with Crippen molar-refractivity contribution in [3.05, 3.63) is 28.5 Å². The van der Waals surface area contributed by atoms with Crippen LogP contribution in [0.25, 0.3) is 6.08 Å². The van der Waals surface area contributed by atoms with Gasteiger partial charge in [-0.1, -0.05) is 6.07 Å². The molecule has 1 aromatic rings. The van der Waals surface area contributed by atoms with Gasteiger partial charge in [-0.15, -0.1) is 11.3 Å². The molecule has 0 spiro atoms. The molecule has 0 aliphatic carbocycles. The van der Waals surface area contributed by atoms with Crippen LogP contribution in [0.1, 0.15) is 11.3 Å². The molecule has 3 rings (SSSR count). The maximum atomic E-state index is 12.2. The predicted octanol–water partition coefficient (Wildman–Crippen LogP) is 1.09. The summed E-state index contributed by atoms with van der Waals surface area (Å²) < 4.78 is 23.1. The van der Waals surface area contributed by atoms with Crippen LogP contribution in [0.3, 0.4) is 0 Å². The van der Waals surface area contributed by atoms with Gasteiger partial charge in [0.25, 0.3) is 0 Å². The molecule has 5 nitrogen and oxygen atoms in total. The van der Waals surface area contributed by atoms with Gasteiger partial charge in [0, 0.05) is 43.2 Å². The van der Waals surface area contributed by atoms with E-state index in [2.05, 4.69) is 4.90 Å². The molecule has 3 heterocycles. The second kappa shape index (κ2) is 6.52. The number of nitrogens with zero attached hydrogens (tertiary/aromatic N) is 2. The Morgan fingerprint density at radius 2 is 2.05 bits per heavy atom. The van der Waals surface area contributed by atoms with Crippen LogP contribution in [0.5, 0.6) is 0 Å². The minimum atomic E-state index is -2.84. The summed E-state index contributed by atoms with van der Waals surface area (Å²) in [6.45, 7) is 2.87. The third-order valence-corrected chi connectivity index (χ3v) is 6.87. The average molecular weight is 340 g/mol. The lowest BCUT2D eigenvalue weighted by Crippen LogP contribution is -2.52. The number of piperazine rings is 1. The summed E-state index contributed by atoms with van der Waals surface area (Å²) >= 11 is 1.61. The van der Waals surface area contributed by atoms with E-state index in [1.165, 1.54) is 0 Å². The van der Waals surface area contributed by atoms with Crippen molar-refractivity contribution in [2.75, 3.05) is 37.7 Å². The Bertz CT molecular complexity index is 644. The van der Waals surface area contributed by atoms with E-state index in [9.17, 15) is 13.2 Å². The zero-order valence-electron chi connectivity index (χ0n) is 12.3. The van der Waals surface area contributed by atoms with Gasteiger partial charge in [-0.05, 0) is 23.9 Å². The Morgan fingerprint density at radius 3 is 2.64 bits per heavy atom. The van der Waals surface area contributed by atoms with Crippen LogP contribution in [-0.4, -0.2) is 67.9 Å². The first-order valence-electron chi connectivity index (χ1n) is 7.48. The van der Waals surface area contributed by atoms with Gasteiger partial charge in [0.2, 0.25) is 5.91 Å². The van der Waals surface area contributed by atoms with Gasteiger partial charge >= 0.3 is 0 Å². The molecule has 7 heteroatoms. The van der Waals surface area contributed by atoms with Gasteiger partial charge in [0.15, 0.2) is 9.84 Å². The fraction of sp³-hybridized carbons (Fsp3) is 0.533. The lowest BCUT2D eigenvalue weighted by atomic mass is 10.2. The van der Waals surface area contributed by atoms with Crippen molar-refractivity contribution in [1.29, 1.82) is 0 Å². The normalized spacial score (nSPS) is 25.8. The molecule has 0 aromatic carbocycles. The predicted molar refractivity (Wildman–Crippen MR) is 88.6 cm³/mol. The number of amides is 1. The van der Waals surface area contributed by atoms with E-state index in [1.807, 2.05) is 28.5 Å². The molecule has 1 atom stereocenters. The van der Waals surface area contributed by atoms with E-state index in [0.717, 1.165) is 24.4 Å². The quantitative estimate of drug-likeness (QED) is 0.773. The van der Waals surface area contributed by atoms with E-state index < -0.39 is 9.84 Å². The average Bonchev–Trinajstić information content (AvgIpc) is 3.14. The highest BCUT2D eigenvalue weighted by molar-refractivity contribution is 7.91. The fourth-order valence-corrected chi connectivity index (χ4v) is 5.40. The highest BCUT2D eigenvalue weighted by Gasteiger charge is 2.34. The zero-order valence-corrected chi connectivity index (χ0v) is 14.0. The minimum absolute atomic E-state index is 0.0343. The Hall–Kier alpha value is -1.18. The van der Waals surface area contributed by atoms with E-state index >= 15 is 0 Å². The van der Waals surface area contributed by atoms with E-state index in [1.54, 1.807) is 17.4 Å². The molecule has 1 aromatic heterocycles. The van der Waals surface area contributed by atoms with Gasteiger partial charge < -0.3 is 4.90 Å². The monoisotopic (exact) mass is 340 g/mol. The Morgan fingerprint density at radius 1 is 1.27 bits per heavy atom. The number of carbonyl (C=O) groups excluding carboxylic acids is 1. The molecular formula is C15H20N2O3S2. The first-order valence-corrected chi connectivity index (χ1v) is 10.2. The van der Waals surface area contributed by atoms with Crippen LogP contribution < -0.4 is 0 Å². The van der Waals surface area contributed by atoms with Gasteiger partial charge in [0.1, 0.15) is 0 Å². The second-order valence-electron chi connectivity index (χ2n) is 5.77. The molecule has 2 fully saturated rings. The highest BCUT2D eigenvalue weighted by Crippen LogP contribution is 2.19. The lowest BCUT2D eigenvalue weighted by molar-refractivity contribution is -0.127. The van der Waals surface area contributed by atoms with Crippen molar-refractivity contribution in [2.45, 2.75) is 12.5 Å². The molecule has 0 radical (unpaired) electrons. The molecule has 22 heavy (non-hydrogen) atoms. The van der Waals surface area contributed by atoms with Gasteiger partial charge in [-0.2, -0.15) is 0 Å².